The van der Waals surface area contributed by atoms with Crippen LogP contribution in [-0.4, -0.2) is 37.5 Å². The van der Waals surface area contributed by atoms with Crippen LogP contribution in [0.4, 0.5) is 11.4 Å². The number of methoxy groups -OCH3 is 1. The fraction of sp³-hybridized carbons (Fsp3) is 0.304. The first-order chi connectivity index (χ1) is 14.3. The standard InChI is InChI=1S/C23H27N3O3Si/c1-6-25(21-10-8-7-9-20(21)23(27)28-2)19-12-11-18-16-24-26(22(18)15-19)17-29-13-14-30(3,4)5/h1,7-12,15-16H,13-14,17H2,2-5H3. The molecule has 3 aromatic rings. The van der Waals surface area contributed by atoms with Crippen LogP contribution in [0.5, 0.6) is 0 Å². The number of nitrogens with zero attached hydrogens (tertiary/aromatic N) is 3. The van der Waals surface area contributed by atoms with Gasteiger partial charge in [-0.1, -0.05) is 38.2 Å². The van der Waals surface area contributed by atoms with Crippen molar-refractivity contribution >= 4 is 36.3 Å². The molecule has 0 radical (unpaired) electrons. The highest BCUT2D eigenvalue weighted by molar-refractivity contribution is 6.76. The van der Waals surface area contributed by atoms with Crippen molar-refractivity contribution in [2.45, 2.75) is 32.4 Å². The first-order valence-electron chi connectivity index (χ1n) is 9.81. The summed E-state index contributed by atoms with van der Waals surface area (Å²) in [7, 11) is 0.215. The number of aromatic nitrogens is 2. The van der Waals surface area contributed by atoms with E-state index in [9.17, 15) is 4.79 Å². The third-order valence-electron chi connectivity index (χ3n) is 4.78. The van der Waals surface area contributed by atoms with Gasteiger partial charge < -0.3 is 9.47 Å². The van der Waals surface area contributed by atoms with Crippen LogP contribution in [0.25, 0.3) is 10.9 Å². The molecule has 1 heterocycles. The van der Waals surface area contributed by atoms with Gasteiger partial charge in [0.15, 0.2) is 0 Å². The topological polar surface area (TPSA) is 56.6 Å². The van der Waals surface area contributed by atoms with Crippen LogP contribution >= 0.6 is 0 Å². The zero-order valence-electron chi connectivity index (χ0n) is 17.9. The van der Waals surface area contributed by atoms with Crippen LogP contribution in [0.2, 0.25) is 25.7 Å². The molecule has 0 spiro atoms. The lowest BCUT2D eigenvalue weighted by atomic mass is 10.1. The maximum absolute atomic E-state index is 12.2. The van der Waals surface area contributed by atoms with Gasteiger partial charge in [-0.2, -0.15) is 5.10 Å². The Labute approximate surface area is 178 Å². The largest absolute Gasteiger partial charge is 0.465 e. The minimum Gasteiger partial charge on any atom is -0.465 e. The van der Waals surface area contributed by atoms with Crippen LogP contribution in [0, 0.1) is 12.5 Å². The molecule has 0 saturated carbocycles. The number of rotatable bonds is 8. The van der Waals surface area contributed by atoms with E-state index in [2.05, 4.69) is 30.8 Å². The van der Waals surface area contributed by atoms with Gasteiger partial charge in [0.05, 0.1) is 35.8 Å². The molecule has 0 aliphatic rings. The summed E-state index contributed by atoms with van der Waals surface area (Å²) >= 11 is 0. The summed E-state index contributed by atoms with van der Waals surface area (Å²) in [5.74, 6) is -0.437. The maximum Gasteiger partial charge on any atom is 0.340 e. The number of carbonyl (C=O) groups excluding carboxylic acids is 1. The molecule has 0 unspecified atom stereocenters. The Hall–Kier alpha value is -3.08. The first-order valence-corrected chi connectivity index (χ1v) is 13.5. The van der Waals surface area contributed by atoms with Crippen LogP contribution in [0.1, 0.15) is 10.4 Å². The number of hydrogen-bond donors (Lipinski definition) is 0. The van der Waals surface area contributed by atoms with E-state index in [4.69, 9.17) is 15.9 Å². The average Bonchev–Trinajstić information content (AvgIpc) is 3.13. The van der Waals surface area contributed by atoms with E-state index in [1.807, 2.05) is 35.1 Å². The Kier molecular flexibility index (Phi) is 6.60. The monoisotopic (exact) mass is 421 g/mol. The Morgan fingerprint density at radius 3 is 2.70 bits per heavy atom. The van der Waals surface area contributed by atoms with Gasteiger partial charge in [-0.15, -0.1) is 0 Å². The second-order valence-electron chi connectivity index (χ2n) is 8.21. The average molecular weight is 422 g/mol. The van der Waals surface area contributed by atoms with Gasteiger partial charge in [0, 0.05) is 26.1 Å². The van der Waals surface area contributed by atoms with Gasteiger partial charge in [-0.3, -0.25) is 4.90 Å². The summed E-state index contributed by atoms with van der Waals surface area (Å²) in [5, 5.41) is 5.44. The number of carbonyl (C=O) groups is 1. The minimum absolute atomic E-state index is 0.381. The van der Waals surface area contributed by atoms with Gasteiger partial charge in [-0.05, 0) is 36.4 Å². The zero-order chi connectivity index (χ0) is 21.7. The van der Waals surface area contributed by atoms with Crippen molar-refractivity contribution in [3.8, 4) is 12.5 Å². The molecule has 0 amide bonds. The molecule has 3 rings (SSSR count). The highest BCUT2D eigenvalue weighted by Crippen LogP contribution is 2.31. The van der Waals surface area contributed by atoms with Gasteiger partial charge in [0.1, 0.15) is 6.73 Å². The van der Waals surface area contributed by atoms with E-state index < -0.39 is 14.0 Å². The Morgan fingerprint density at radius 1 is 1.23 bits per heavy atom. The van der Waals surface area contributed by atoms with E-state index in [-0.39, 0.29) is 0 Å². The maximum atomic E-state index is 12.2. The Balaban J connectivity index is 1.89. The second-order valence-corrected chi connectivity index (χ2v) is 13.8. The number of benzene rings is 2. The number of fused-ring (bicyclic) bond motifs is 1. The molecule has 0 aliphatic carbocycles. The highest BCUT2D eigenvalue weighted by atomic mass is 28.3. The molecular weight excluding hydrogens is 394 g/mol. The molecule has 2 aromatic carbocycles. The molecule has 1 aromatic heterocycles. The van der Waals surface area contributed by atoms with E-state index in [1.165, 1.54) is 7.11 Å². The van der Waals surface area contributed by atoms with Crippen molar-refractivity contribution in [2.24, 2.45) is 0 Å². The van der Waals surface area contributed by atoms with E-state index in [0.29, 0.717) is 18.0 Å². The zero-order valence-corrected chi connectivity index (χ0v) is 18.9. The quantitative estimate of drug-likeness (QED) is 0.171. The fourth-order valence-electron chi connectivity index (χ4n) is 3.06. The van der Waals surface area contributed by atoms with Crippen molar-refractivity contribution in [3.05, 3.63) is 54.2 Å². The molecule has 0 N–H and O–H groups in total. The number of esters is 1. The predicted octanol–water partition coefficient (Wildman–Crippen LogP) is 4.86. The molecule has 156 valence electrons. The summed E-state index contributed by atoms with van der Waals surface area (Å²) in [5.41, 5.74) is 2.66. The molecule has 7 heteroatoms. The van der Waals surface area contributed by atoms with Gasteiger partial charge in [0.2, 0.25) is 0 Å². The molecule has 0 aliphatic heterocycles. The van der Waals surface area contributed by atoms with Crippen molar-refractivity contribution in [3.63, 3.8) is 0 Å². The fourth-order valence-corrected chi connectivity index (χ4v) is 3.82. The third-order valence-corrected chi connectivity index (χ3v) is 6.48. The summed E-state index contributed by atoms with van der Waals surface area (Å²) in [4.78, 5) is 13.8. The highest BCUT2D eigenvalue weighted by Gasteiger charge is 2.18. The van der Waals surface area contributed by atoms with E-state index in [1.54, 1.807) is 23.1 Å². The predicted molar refractivity (Wildman–Crippen MR) is 123 cm³/mol. The molecule has 0 bridgehead atoms. The van der Waals surface area contributed by atoms with Crippen molar-refractivity contribution < 1.29 is 14.3 Å². The molecule has 30 heavy (non-hydrogen) atoms. The summed E-state index contributed by atoms with van der Waals surface area (Å²) in [6, 6.07) is 16.7. The SMILES string of the molecule is C#CN(c1ccc2cnn(COCC[Si](C)(C)C)c2c1)c1ccccc1C(=O)OC. The van der Waals surface area contributed by atoms with Crippen LogP contribution in [-0.2, 0) is 16.2 Å². The van der Waals surface area contributed by atoms with Crippen LogP contribution in [0.3, 0.4) is 0 Å². The molecular formula is C23H27N3O3Si. The number of ether oxygens (including phenoxy) is 2. The smallest absolute Gasteiger partial charge is 0.340 e. The molecule has 0 fully saturated rings. The summed E-state index contributed by atoms with van der Waals surface area (Å²) in [6.07, 6.45) is 7.63. The number of terminal acetylenes is 1. The van der Waals surface area contributed by atoms with Crippen LogP contribution in [0.15, 0.2) is 48.7 Å². The van der Waals surface area contributed by atoms with E-state index >= 15 is 0 Å². The van der Waals surface area contributed by atoms with E-state index in [0.717, 1.165) is 29.2 Å². The van der Waals surface area contributed by atoms with Gasteiger partial charge in [-0.25, -0.2) is 9.48 Å². The molecule has 0 saturated heterocycles. The lowest BCUT2D eigenvalue weighted by Gasteiger charge is -2.20. The third kappa shape index (κ3) is 4.90. The summed E-state index contributed by atoms with van der Waals surface area (Å²) < 4.78 is 12.6. The number of para-hydroxylation sites is 1. The lowest BCUT2D eigenvalue weighted by molar-refractivity contribution is 0.0601. The van der Waals surface area contributed by atoms with Crippen LogP contribution < -0.4 is 4.90 Å². The normalized spacial score (nSPS) is 11.3. The van der Waals surface area contributed by atoms with Crippen molar-refractivity contribution in [1.29, 1.82) is 0 Å². The number of anilines is 2. The number of hydrogen-bond acceptors (Lipinski definition) is 5. The first kappa shape index (κ1) is 21.6. The Morgan fingerprint density at radius 2 is 2.00 bits per heavy atom. The molecule has 0 atom stereocenters. The minimum atomic E-state index is -1.14. The van der Waals surface area contributed by atoms with Crippen molar-refractivity contribution in [2.75, 3.05) is 18.6 Å². The lowest BCUT2D eigenvalue weighted by Crippen LogP contribution is -2.22. The summed E-state index contributed by atoms with van der Waals surface area (Å²) in [6.45, 7) is 8.08. The van der Waals surface area contributed by atoms with Gasteiger partial charge in [0.25, 0.3) is 0 Å². The second kappa shape index (κ2) is 9.16. The molecule has 6 nitrogen and oxygen atoms in total. The van der Waals surface area contributed by atoms with Crippen molar-refractivity contribution in [1.82, 2.24) is 9.78 Å². The van der Waals surface area contributed by atoms with Gasteiger partial charge >= 0.3 is 5.97 Å². The Bertz CT molecular complexity index is 1080.